The number of carbonyl (C=O) groups excluding carboxylic acids is 3. The van der Waals surface area contributed by atoms with Crippen LogP contribution in [-0.2, 0) is 25.7 Å². The molecule has 0 bridgehead atoms. The van der Waals surface area contributed by atoms with Gasteiger partial charge in [-0.1, -0.05) is 54.1 Å². The minimum Gasteiger partial charge on any atom is -0.457 e. The van der Waals surface area contributed by atoms with E-state index < -0.39 is 11.8 Å². The number of hydrazone groups is 1. The molecular formula is C22H19ClN2O4. The normalized spacial score (nSPS) is 14.1. The van der Waals surface area contributed by atoms with Crippen molar-refractivity contribution >= 4 is 41.0 Å². The smallest absolute Gasteiger partial charge is 0.342 e. The molecular weight excluding hydrogens is 392 g/mol. The highest BCUT2D eigenvalue weighted by atomic mass is 35.5. The largest absolute Gasteiger partial charge is 0.457 e. The van der Waals surface area contributed by atoms with Crippen LogP contribution in [0.2, 0.25) is 5.02 Å². The van der Waals surface area contributed by atoms with Crippen LogP contribution in [0.5, 0.6) is 0 Å². The number of ether oxygens (including phenoxy) is 1. The highest BCUT2D eigenvalue weighted by Crippen LogP contribution is 2.19. The van der Waals surface area contributed by atoms with Gasteiger partial charge in [-0.05, 0) is 35.8 Å². The molecule has 1 aliphatic rings. The predicted octanol–water partition coefficient (Wildman–Crippen LogP) is 3.67. The molecule has 1 aliphatic heterocycles. The lowest BCUT2D eigenvalue weighted by Crippen LogP contribution is -2.25. The molecule has 29 heavy (non-hydrogen) atoms. The monoisotopic (exact) mass is 410 g/mol. The van der Waals surface area contributed by atoms with Crippen LogP contribution < -0.4 is 5.43 Å². The Labute approximate surface area is 173 Å². The highest BCUT2D eigenvalue weighted by molar-refractivity contribution is 6.32. The summed E-state index contributed by atoms with van der Waals surface area (Å²) in [6.45, 7) is 1.33. The van der Waals surface area contributed by atoms with Crippen LogP contribution in [0.1, 0.15) is 36.5 Å². The second-order valence-electron chi connectivity index (χ2n) is 6.50. The third-order valence-electron chi connectivity index (χ3n) is 4.37. The maximum atomic E-state index is 12.4. The Morgan fingerprint density at radius 3 is 2.48 bits per heavy atom. The lowest BCUT2D eigenvalue weighted by atomic mass is 10.0. The zero-order chi connectivity index (χ0) is 20.8. The van der Waals surface area contributed by atoms with E-state index in [0.29, 0.717) is 23.4 Å². The summed E-state index contributed by atoms with van der Waals surface area (Å²) in [5.41, 5.74) is 5.43. The average molecular weight is 411 g/mol. The SMILES string of the molecule is CC(=O)C(=Cc1ccccc1Cl)C(=O)OCc1ccc(C2=NNC(=O)CC2)cc1. The van der Waals surface area contributed by atoms with Crippen LogP contribution >= 0.6 is 11.6 Å². The third-order valence-corrected chi connectivity index (χ3v) is 4.71. The molecule has 0 atom stereocenters. The molecule has 6 nitrogen and oxygen atoms in total. The number of nitrogens with one attached hydrogen (secondary N) is 1. The second-order valence-corrected chi connectivity index (χ2v) is 6.91. The van der Waals surface area contributed by atoms with Crippen molar-refractivity contribution in [3.8, 4) is 0 Å². The van der Waals surface area contributed by atoms with Crippen LogP contribution in [0.3, 0.4) is 0 Å². The standard InChI is InChI=1S/C22H19ClN2O4/c1-14(26)18(12-17-4-2-3-5-19(17)23)22(28)29-13-15-6-8-16(9-7-15)20-10-11-21(27)25-24-20/h2-9,12H,10-11,13H2,1H3,(H,25,27). The Balaban J connectivity index is 1.66. The van der Waals surface area contributed by atoms with Gasteiger partial charge in [0.1, 0.15) is 12.2 Å². The maximum Gasteiger partial charge on any atom is 0.342 e. The van der Waals surface area contributed by atoms with Gasteiger partial charge < -0.3 is 4.74 Å². The van der Waals surface area contributed by atoms with Gasteiger partial charge >= 0.3 is 5.97 Å². The molecule has 0 unspecified atom stereocenters. The summed E-state index contributed by atoms with van der Waals surface area (Å²) in [7, 11) is 0. The summed E-state index contributed by atoms with van der Waals surface area (Å²) >= 11 is 6.10. The molecule has 3 rings (SSSR count). The van der Waals surface area contributed by atoms with E-state index in [9.17, 15) is 14.4 Å². The number of rotatable bonds is 6. The number of amides is 1. The number of halogens is 1. The first kappa shape index (κ1) is 20.5. The summed E-state index contributed by atoms with van der Waals surface area (Å²) in [6, 6.07) is 14.3. The van der Waals surface area contributed by atoms with E-state index in [1.165, 1.54) is 13.0 Å². The summed E-state index contributed by atoms with van der Waals surface area (Å²) < 4.78 is 5.30. The molecule has 7 heteroatoms. The maximum absolute atomic E-state index is 12.4. The fraction of sp³-hybridized carbons (Fsp3) is 0.182. The quantitative estimate of drug-likeness (QED) is 0.341. The highest BCUT2D eigenvalue weighted by Gasteiger charge is 2.17. The van der Waals surface area contributed by atoms with Crippen LogP contribution in [-0.4, -0.2) is 23.4 Å². The van der Waals surface area contributed by atoms with Crippen LogP contribution in [0.15, 0.2) is 59.2 Å². The molecule has 1 heterocycles. The first-order valence-corrected chi connectivity index (χ1v) is 9.41. The molecule has 0 fully saturated rings. The minimum absolute atomic E-state index is 0.0233. The summed E-state index contributed by atoms with van der Waals surface area (Å²) in [4.78, 5) is 35.5. The fourth-order valence-corrected chi connectivity index (χ4v) is 2.94. The number of ketones is 1. The van der Waals surface area contributed by atoms with Crippen LogP contribution in [0.25, 0.3) is 6.08 Å². The lowest BCUT2D eigenvalue weighted by Gasteiger charge is -2.12. The Kier molecular flexibility index (Phi) is 6.57. The van der Waals surface area contributed by atoms with Crippen molar-refractivity contribution in [2.45, 2.75) is 26.4 Å². The van der Waals surface area contributed by atoms with Gasteiger partial charge in [0.05, 0.1) is 5.71 Å². The van der Waals surface area contributed by atoms with Gasteiger partial charge in [-0.15, -0.1) is 0 Å². The molecule has 0 radical (unpaired) electrons. The van der Waals surface area contributed by atoms with Gasteiger partial charge in [0.15, 0.2) is 5.78 Å². The molecule has 2 aromatic carbocycles. The van der Waals surface area contributed by atoms with Crippen molar-refractivity contribution < 1.29 is 19.1 Å². The fourth-order valence-electron chi connectivity index (χ4n) is 2.75. The van der Waals surface area contributed by atoms with E-state index in [0.717, 1.165) is 16.8 Å². The van der Waals surface area contributed by atoms with Gasteiger partial charge in [-0.2, -0.15) is 5.10 Å². The lowest BCUT2D eigenvalue weighted by molar-refractivity contribution is -0.141. The number of esters is 1. The van der Waals surface area contributed by atoms with Crippen molar-refractivity contribution in [3.63, 3.8) is 0 Å². The number of nitrogens with zero attached hydrogens (tertiary/aromatic N) is 1. The molecule has 0 aromatic heterocycles. The topological polar surface area (TPSA) is 84.8 Å². The van der Waals surface area contributed by atoms with E-state index in [1.54, 1.807) is 24.3 Å². The van der Waals surface area contributed by atoms with Crippen LogP contribution in [0.4, 0.5) is 0 Å². The Morgan fingerprint density at radius 1 is 1.14 bits per heavy atom. The number of Topliss-reactive ketones (excluding diaryl/α,β-unsaturated/α-hetero) is 1. The molecule has 0 aliphatic carbocycles. The van der Waals surface area contributed by atoms with Crippen molar-refractivity contribution in [1.82, 2.24) is 5.43 Å². The van der Waals surface area contributed by atoms with Gasteiger partial charge in [0.25, 0.3) is 0 Å². The number of benzene rings is 2. The molecule has 148 valence electrons. The average Bonchev–Trinajstić information content (AvgIpc) is 2.72. The van der Waals surface area contributed by atoms with Gasteiger partial charge in [-0.3, -0.25) is 9.59 Å². The molecule has 0 saturated heterocycles. The van der Waals surface area contributed by atoms with E-state index in [-0.39, 0.29) is 18.1 Å². The van der Waals surface area contributed by atoms with E-state index in [2.05, 4.69) is 10.5 Å². The number of hydrogen-bond acceptors (Lipinski definition) is 5. The number of hydrogen-bond donors (Lipinski definition) is 1. The van der Waals surface area contributed by atoms with Crippen molar-refractivity contribution in [3.05, 3.63) is 75.8 Å². The minimum atomic E-state index is -0.708. The van der Waals surface area contributed by atoms with Crippen LogP contribution in [0, 0.1) is 0 Å². The van der Waals surface area contributed by atoms with Gasteiger partial charge in [0, 0.05) is 17.9 Å². The zero-order valence-electron chi connectivity index (χ0n) is 15.8. The molecule has 2 aromatic rings. The molecule has 1 N–H and O–H groups in total. The Morgan fingerprint density at radius 2 is 1.86 bits per heavy atom. The summed E-state index contributed by atoms with van der Waals surface area (Å²) in [6.07, 6.45) is 2.42. The molecule has 0 saturated carbocycles. The zero-order valence-corrected chi connectivity index (χ0v) is 16.5. The Bertz CT molecular complexity index is 1010. The van der Waals surface area contributed by atoms with E-state index in [4.69, 9.17) is 16.3 Å². The van der Waals surface area contributed by atoms with Gasteiger partial charge in [0.2, 0.25) is 5.91 Å². The second kappa shape index (κ2) is 9.30. The number of carbonyl (C=O) groups is 3. The molecule has 1 amide bonds. The van der Waals surface area contributed by atoms with Crippen molar-refractivity contribution in [2.24, 2.45) is 5.10 Å². The van der Waals surface area contributed by atoms with Crippen molar-refractivity contribution in [2.75, 3.05) is 0 Å². The van der Waals surface area contributed by atoms with E-state index >= 15 is 0 Å². The Hall–Kier alpha value is -3.25. The van der Waals surface area contributed by atoms with Crippen molar-refractivity contribution in [1.29, 1.82) is 0 Å². The summed E-state index contributed by atoms with van der Waals surface area (Å²) in [5.74, 6) is -1.20. The third kappa shape index (κ3) is 5.39. The predicted molar refractivity (Wildman–Crippen MR) is 110 cm³/mol. The summed E-state index contributed by atoms with van der Waals surface area (Å²) in [5, 5.41) is 4.49. The molecule has 0 spiro atoms. The van der Waals surface area contributed by atoms with Gasteiger partial charge in [-0.25, -0.2) is 10.2 Å². The first-order chi connectivity index (χ1) is 13.9. The van der Waals surface area contributed by atoms with E-state index in [1.807, 2.05) is 24.3 Å². The first-order valence-electron chi connectivity index (χ1n) is 9.03.